The van der Waals surface area contributed by atoms with Gasteiger partial charge in [0, 0.05) is 17.2 Å². The Morgan fingerprint density at radius 3 is 1.95 bits per heavy atom. The Hall–Kier alpha value is -1.70. The van der Waals surface area contributed by atoms with Crippen LogP contribution in [0.5, 0.6) is 0 Å². The molecule has 0 aliphatic carbocycles. The summed E-state index contributed by atoms with van der Waals surface area (Å²) in [4.78, 5) is 21.6. The van der Waals surface area contributed by atoms with Gasteiger partial charge in [0.2, 0.25) is 0 Å². The first-order valence-electron chi connectivity index (χ1n) is 8.44. The van der Waals surface area contributed by atoms with Crippen LogP contribution in [0.1, 0.15) is 91.0 Å². The lowest BCUT2D eigenvalue weighted by Gasteiger charge is -2.00. The molecule has 0 amide bonds. The van der Waals surface area contributed by atoms with Gasteiger partial charge in [0.25, 0.3) is 0 Å². The van der Waals surface area contributed by atoms with Crippen LogP contribution in [0.4, 0.5) is 0 Å². The van der Waals surface area contributed by atoms with E-state index in [4.69, 9.17) is 0 Å². The summed E-state index contributed by atoms with van der Waals surface area (Å²) in [6.45, 7) is 2.24. The van der Waals surface area contributed by atoms with E-state index in [9.17, 15) is 9.59 Å². The number of carbonyl (C=O) groups is 2. The minimum Gasteiger partial charge on any atom is -0.298 e. The van der Waals surface area contributed by atoms with Crippen LogP contribution in [0.3, 0.4) is 0 Å². The van der Waals surface area contributed by atoms with Crippen LogP contribution in [-0.2, 0) is 0 Å². The fraction of sp³-hybridized carbons (Fsp3) is 0.500. The molecule has 1 radical (unpaired) electrons. The van der Waals surface area contributed by atoms with Gasteiger partial charge in [-0.25, -0.2) is 0 Å². The molecule has 0 heterocycles. The molecular weight excluding hydrogens is 272 g/mol. The highest BCUT2D eigenvalue weighted by atomic mass is 16.1. The van der Waals surface area contributed by atoms with Gasteiger partial charge in [-0.2, -0.15) is 0 Å². The van der Waals surface area contributed by atoms with Crippen molar-refractivity contribution in [3.05, 3.63) is 41.0 Å². The predicted octanol–water partition coefficient (Wildman–Crippen LogP) is 5.66. The highest BCUT2D eigenvalue weighted by Gasteiger charge is 1.98. The van der Waals surface area contributed by atoms with E-state index in [1.54, 1.807) is 12.1 Å². The number of rotatable bonds is 12. The van der Waals surface area contributed by atoms with Gasteiger partial charge in [-0.15, -0.1) is 0 Å². The molecular formula is C20H27O2. The zero-order valence-electron chi connectivity index (χ0n) is 13.6. The maximum Gasteiger partial charge on any atom is 0.150 e. The van der Waals surface area contributed by atoms with Crippen LogP contribution in [0, 0.1) is 6.07 Å². The minimum absolute atomic E-state index is 0.427. The topological polar surface area (TPSA) is 34.1 Å². The predicted molar refractivity (Wildman–Crippen MR) is 92.3 cm³/mol. The lowest BCUT2D eigenvalue weighted by Crippen LogP contribution is -1.88. The van der Waals surface area contributed by atoms with Crippen molar-refractivity contribution in [2.45, 2.75) is 64.7 Å². The number of allylic oxidation sites excluding steroid dienone is 1. The van der Waals surface area contributed by atoms with E-state index in [0.717, 1.165) is 24.6 Å². The van der Waals surface area contributed by atoms with Crippen LogP contribution in [0.25, 0.3) is 6.08 Å². The summed E-state index contributed by atoms with van der Waals surface area (Å²) in [5.41, 5.74) is 1.75. The number of benzene rings is 1. The second-order valence-corrected chi connectivity index (χ2v) is 5.73. The molecule has 0 saturated carbocycles. The standard InChI is InChI=1S/C20H27O2/c1-2-3-4-5-6-7-8-9-10-11-12-18-13-19(16-21)15-20(14-18)17-22/h11-14,16-17H,2-10H2,1H3/b12-11+. The maximum absolute atomic E-state index is 10.8. The molecule has 0 N–H and O–H groups in total. The van der Waals surface area contributed by atoms with Gasteiger partial charge >= 0.3 is 0 Å². The molecule has 0 aliphatic rings. The molecule has 22 heavy (non-hydrogen) atoms. The largest absolute Gasteiger partial charge is 0.298 e. The summed E-state index contributed by atoms with van der Waals surface area (Å²) in [6, 6.07) is 6.26. The highest BCUT2D eigenvalue weighted by molar-refractivity contribution is 5.83. The van der Waals surface area contributed by atoms with E-state index in [1.807, 2.05) is 6.08 Å². The number of carbonyl (C=O) groups excluding carboxylic acids is 2. The first-order chi connectivity index (χ1) is 10.8. The summed E-state index contributed by atoms with van der Waals surface area (Å²) in [7, 11) is 0. The summed E-state index contributed by atoms with van der Waals surface area (Å²) in [5.74, 6) is 0. The summed E-state index contributed by atoms with van der Waals surface area (Å²) in [5, 5.41) is 0. The Kier molecular flexibility index (Phi) is 9.93. The molecule has 1 aromatic rings. The van der Waals surface area contributed by atoms with E-state index in [0.29, 0.717) is 11.1 Å². The highest BCUT2D eigenvalue weighted by Crippen LogP contribution is 2.12. The molecule has 119 valence electrons. The fourth-order valence-corrected chi connectivity index (χ4v) is 2.48. The molecule has 0 aromatic heterocycles. The van der Waals surface area contributed by atoms with E-state index in [1.165, 1.54) is 51.4 Å². The van der Waals surface area contributed by atoms with Gasteiger partial charge in [0.1, 0.15) is 0 Å². The van der Waals surface area contributed by atoms with E-state index < -0.39 is 0 Å². The smallest absolute Gasteiger partial charge is 0.150 e. The van der Waals surface area contributed by atoms with Crippen molar-refractivity contribution in [3.8, 4) is 0 Å². The molecule has 0 saturated heterocycles. The number of unbranched alkanes of at least 4 members (excludes halogenated alkanes) is 8. The maximum atomic E-state index is 10.8. The average molecular weight is 299 g/mol. The third-order valence-corrected chi connectivity index (χ3v) is 3.72. The summed E-state index contributed by atoms with van der Waals surface area (Å²) in [6.07, 6.45) is 17.2. The third-order valence-electron chi connectivity index (χ3n) is 3.72. The minimum atomic E-state index is 0.427. The van der Waals surface area contributed by atoms with E-state index in [-0.39, 0.29) is 0 Å². The second-order valence-electron chi connectivity index (χ2n) is 5.73. The third kappa shape index (κ3) is 7.92. The number of aldehydes is 2. The van der Waals surface area contributed by atoms with Crippen LogP contribution in [-0.4, -0.2) is 12.6 Å². The first kappa shape index (κ1) is 18.3. The lowest BCUT2D eigenvalue weighted by atomic mass is 10.0. The van der Waals surface area contributed by atoms with E-state index in [2.05, 4.69) is 19.1 Å². The quantitative estimate of drug-likeness (QED) is 0.369. The van der Waals surface area contributed by atoms with Gasteiger partial charge in [-0.3, -0.25) is 9.59 Å². The molecule has 0 fully saturated rings. The Labute approximate surface area is 134 Å². The van der Waals surface area contributed by atoms with Crippen molar-refractivity contribution < 1.29 is 9.59 Å². The van der Waals surface area contributed by atoms with Crippen LogP contribution >= 0.6 is 0 Å². The molecule has 0 spiro atoms. The van der Waals surface area contributed by atoms with Crippen molar-refractivity contribution in [1.29, 1.82) is 0 Å². The molecule has 1 rings (SSSR count). The summed E-state index contributed by atoms with van der Waals surface area (Å²) < 4.78 is 0. The van der Waals surface area contributed by atoms with Gasteiger partial charge in [-0.05, 0) is 30.5 Å². The average Bonchev–Trinajstić information content (AvgIpc) is 2.56. The first-order valence-corrected chi connectivity index (χ1v) is 8.44. The van der Waals surface area contributed by atoms with E-state index >= 15 is 0 Å². The zero-order chi connectivity index (χ0) is 16.0. The zero-order valence-corrected chi connectivity index (χ0v) is 13.6. The van der Waals surface area contributed by atoms with Crippen molar-refractivity contribution in [2.24, 2.45) is 0 Å². The monoisotopic (exact) mass is 299 g/mol. The normalized spacial score (nSPS) is 11.0. The molecule has 2 heteroatoms. The molecule has 0 atom stereocenters. The fourth-order valence-electron chi connectivity index (χ4n) is 2.48. The van der Waals surface area contributed by atoms with Crippen molar-refractivity contribution in [1.82, 2.24) is 0 Å². The van der Waals surface area contributed by atoms with Gasteiger partial charge in [-0.1, -0.05) is 64.0 Å². The van der Waals surface area contributed by atoms with Crippen LogP contribution in [0.15, 0.2) is 18.2 Å². The van der Waals surface area contributed by atoms with Crippen molar-refractivity contribution in [3.63, 3.8) is 0 Å². The van der Waals surface area contributed by atoms with Gasteiger partial charge in [0.05, 0.1) is 0 Å². The Morgan fingerprint density at radius 1 is 0.864 bits per heavy atom. The SMILES string of the molecule is CCCCCCCCCC/C=C/c1cc(C=O)[c]c(C=O)c1. The number of hydrogen-bond donors (Lipinski definition) is 0. The van der Waals surface area contributed by atoms with Crippen molar-refractivity contribution in [2.75, 3.05) is 0 Å². The molecule has 0 unspecified atom stereocenters. The second kappa shape index (κ2) is 11.9. The molecule has 1 aromatic carbocycles. The van der Waals surface area contributed by atoms with Crippen LogP contribution in [0.2, 0.25) is 0 Å². The Bertz CT molecular complexity index is 448. The molecule has 0 aliphatic heterocycles. The lowest BCUT2D eigenvalue weighted by molar-refractivity contribution is 0.112. The molecule has 0 bridgehead atoms. The number of hydrogen-bond acceptors (Lipinski definition) is 2. The van der Waals surface area contributed by atoms with Gasteiger partial charge < -0.3 is 0 Å². The Balaban J connectivity index is 2.23. The van der Waals surface area contributed by atoms with Crippen molar-refractivity contribution >= 4 is 18.6 Å². The Morgan fingerprint density at radius 2 is 1.41 bits per heavy atom. The van der Waals surface area contributed by atoms with Crippen LogP contribution < -0.4 is 0 Å². The van der Waals surface area contributed by atoms with Gasteiger partial charge in [0.15, 0.2) is 12.6 Å². The summed E-state index contributed by atoms with van der Waals surface area (Å²) >= 11 is 0. The molecule has 2 nitrogen and oxygen atoms in total.